The lowest BCUT2D eigenvalue weighted by atomic mass is 10.2. The minimum Gasteiger partial charge on any atom is -0.360 e. The molecule has 0 bridgehead atoms. The van der Waals surface area contributed by atoms with Crippen molar-refractivity contribution in [2.45, 2.75) is 18.0 Å². The van der Waals surface area contributed by atoms with Crippen molar-refractivity contribution in [2.24, 2.45) is 0 Å². The number of nitrogens with zero attached hydrogens (tertiary/aromatic N) is 2. The first kappa shape index (κ1) is 19.8. The van der Waals surface area contributed by atoms with Crippen LogP contribution in [0.1, 0.15) is 11.3 Å². The van der Waals surface area contributed by atoms with E-state index in [1.807, 2.05) is 0 Å². The molecule has 1 N–H and O–H groups in total. The number of carbonyl (C=O) groups excluding carboxylic acids is 2. The Morgan fingerprint density at radius 1 is 1.31 bits per heavy atom. The lowest BCUT2D eigenvalue weighted by molar-refractivity contribution is -0.137. The molecule has 0 saturated heterocycles. The molecule has 6 nitrogen and oxygen atoms in total. The van der Waals surface area contributed by atoms with E-state index >= 15 is 0 Å². The lowest BCUT2D eigenvalue weighted by Gasteiger charge is -2.16. The van der Waals surface area contributed by atoms with Crippen LogP contribution in [0.25, 0.3) is 0 Å². The van der Waals surface area contributed by atoms with Crippen molar-refractivity contribution in [2.75, 3.05) is 24.7 Å². The number of anilines is 1. The smallest absolute Gasteiger partial charge is 0.360 e. The highest BCUT2D eigenvalue weighted by Crippen LogP contribution is 2.31. The summed E-state index contributed by atoms with van der Waals surface area (Å²) in [5.74, 6) is -0.167. The molecule has 0 saturated carbocycles. The van der Waals surface area contributed by atoms with E-state index in [1.165, 1.54) is 30.1 Å². The SMILES string of the molecule is Cc1cc(NC(=O)CN(C)C(=O)CSc2cccc(C(F)(F)F)c2)no1. The summed E-state index contributed by atoms with van der Waals surface area (Å²) in [5, 5.41) is 6.08. The molecule has 2 aromatic rings. The summed E-state index contributed by atoms with van der Waals surface area (Å²) in [6.07, 6.45) is -4.44. The van der Waals surface area contributed by atoms with Crippen LogP contribution < -0.4 is 5.32 Å². The van der Waals surface area contributed by atoms with Gasteiger partial charge in [0, 0.05) is 18.0 Å². The second kappa shape index (κ2) is 8.26. The third-order valence-corrected chi connectivity index (χ3v) is 4.20. The number of benzene rings is 1. The van der Waals surface area contributed by atoms with Crippen molar-refractivity contribution < 1.29 is 27.3 Å². The summed E-state index contributed by atoms with van der Waals surface area (Å²) in [6.45, 7) is 1.46. The Balaban J connectivity index is 1.84. The lowest BCUT2D eigenvalue weighted by Crippen LogP contribution is -2.36. The Kier molecular flexibility index (Phi) is 6.30. The second-order valence-corrected chi connectivity index (χ2v) is 6.48. The monoisotopic (exact) mass is 387 g/mol. The van der Waals surface area contributed by atoms with Crippen molar-refractivity contribution >= 4 is 29.4 Å². The molecule has 2 amide bonds. The van der Waals surface area contributed by atoms with Gasteiger partial charge in [-0.3, -0.25) is 9.59 Å². The molecule has 1 aromatic heterocycles. The molecule has 0 aliphatic heterocycles. The molecule has 1 heterocycles. The number of halogens is 3. The molecule has 0 aliphatic rings. The zero-order valence-electron chi connectivity index (χ0n) is 14.0. The first-order valence-electron chi connectivity index (χ1n) is 7.42. The predicted molar refractivity (Wildman–Crippen MR) is 89.7 cm³/mol. The molecule has 0 aliphatic carbocycles. The topological polar surface area (TPSA) is 75.4 Å². The van der Waals surface area contributed by atoms with E-state index in [2.05, 4.69) is 10.5 Å². The van der Waals surface area contributed by atoms with Gasteiger partial charge in [0.1, 0.15) is 5.76 Å². The van der Waals surface area contributed by atoms with Gasteiger partial charge < -0.3 is 14.7 Å². The molecule has 0 spiro atoms. The van der Waals surface area contributed by atoms with Crippen molar-refractivity contribution in [3.63, 3.8) is 0 Å². The third-order valence-electron chi connectivity index (χ3n) is 3.23. The summed E-state index contributed by atoms with van der Waals surface area (Å²) in [7, 11) is 1.43. The second-order valence-electron chi connectivity index (χ2n) is 5.44. The Labute approximate surface area is 151 Å². The van der Waals surface area contributed by atoms with Crippen LogP contribution >= 0.6 is 11.8 Å². The maximum Gasteiger partial charge on any atom is 0.416 e. The van der Waals surface area contributed by atoms with Crippen LogP contribution in [0.4, 0.5) is 19.0 Å². The van der Waals surface area contributed by atoms with Crippen LogP contribution in [-0.2, 0) is 15.8 Å². The fraction of sp³-hybridized carbons (Fsp3) is 0.312. The number of hydrogen-bond donors (Lipinski definition) is 1. The fourth-order valence-electron chi connectivity index (χ4n) is 1.93. The minimum atomic E-state index is -4.44. The molecular weight excluding hydrogens is 371 g/mol. The van der Waals surface area contributed by atoms with Gasteiger partial charge in [0.15, 0.2) is 5.82 Å². The zero-order valence-corrected chi connectivity index (χ0v) is 14.8. The van der Waals surface area contributed by atoms with Gasteiger partial charge in [-0.1, -0.05) is 11.2 Å². The van der Waals surface area contributed by atoms with Crippen LogP contribution in [0.3, 0.4) is 0 Å². The van der Waals surface area contributed by atoms with Gasteiger partial charge in [-0.2, -0.15) is 13.2 Å². The maximum atomic E-state index is 12.7. The Morgan fingerprint density at radius 3 is 2.65 bits per heavy atom. The zero-order chi connectivity index (χ0) is 19.3. The van der Waals surface area contributed by atoms with E-state index in [-0.39, 0.29) is 24.0 Å². The van der Waals surface area contributed by atoms with E-state index in [4.69, 9.17) is 4.52 Å². The summed E-state index contributed by atoms with van der Waals surface area (Å²) in [4.78, 5) is 25.4. The average Bonchev–Trinajstić information content (AvgIpc) is 2.96. The molecule has 0 atom stereocenters. The number of hydrogen-bond acceptors (Lipinski definition) is 5. The van der Waals surface area contributed by atoms with E-state index in [0.29, 0.717) is 10.7 Å². The normalized spacial score (nSPS) is 11.3. The first-order chi connectivity index (χ1) is 12.1. The third kappa shape index (κ3) is 5.80. The van der Waals surface area contributed by atoms with E-state index < -0.39 is 17.6 Å². The van der Waals surface area contributed by atoms with Gasteiger partial charge in [-0.05, 0) is 25.1 Å². The van der Waals surface area contributed by atoms with Crippen LogP contribution in [0, 0.1) is 6.92 Å². The number of aromatic nitrogens is 1. The van der Waals surface area contributed by atoms with E-state index in [1.54, 1.807) is 6.92 Å². The van der Waals surface area contributed by atoms with E-state index in [9.17, 15) is 22.8 Å². The van der Waals surface area contributed by atoms with Gasteiger partial charge in [0.25, 0.3) is 0 Å². The van der Waals surface area contributed by atoms with Crippen molar-refractivity contribution in [1.82, 2.24) is 10.1 Å². The Morgan fingerprint density at radius 2 is 2.04 bits per heavy atom. The number of rotatable bonds is 6. The van der Waals surface area contributed by atoms with Gasteiger partial charge in [-0.15, -0.1) is 11.8 Å². The molecule has 2 rings (SSSR count). The molecule has 0 fully saturated rings. The minimum absolute atomic E-state index is 0.0891. The fourth-order valence-corrected chi connectivity index (χ4v) is 2.82. The van der Waals surface area contributed by atoms with Gasteiger partial charge in [0.2, 0.25) is 11.8 Å². The highest BCUT2D eigenvalue weighted by molar-refractivity contribution is 8.00. The molecule has 1 aromatic carbocycles. The number of carbonyl (C=O) groups is 2. The van der Waals surface area contributed by atoms with Crippen molar-refractivity contribution in [3.8, 4) is 0 Å². The van der Waals surface area contributed by atoms with E-state index in [0.717, 1.165) is 23.9 Å². The molecule has 140 valence electrons. The molecule has 26 heavy (non-hydrogen) atoms. The van der Waals surface area contributed by atoms with Gasteiger partial charge in [-0.25, -0.2) is 0 Å². The number of aryl methyl sites for hydroxylation is 1. The van der Waals surface area contributed by atoms with Crippen LogP contribution in [-0.4, -0.2) is 41.2 Å². The van der Waals surface area contributed by atoms with Gasteiger partial charge >= 0.3 is 6.18 Å². The number of alkyl halides is 3. The van der Waals surface area contributed by atoms with Crippen molar-refractivity contribution in [3.05, 3.63) is 41.7 Å². The molecule has 0 radical (unpaired) electrons. The summed E-state index contributed by atoms with van der Waals surface area (Å²) in [6, 6.07) is 6.26. The molecular formula is C16H16F3N3O3S. The summed E-state index contributed by atoms with van der Waals surface area (Å²) < 4.78 is 42.8. The Hall–Kier alpha value is -2.49. The summed E-state index contributed by atoms with van der Waals surface area (Å²) >= 11 is 0.971. The molecule has 0 unspecified atom stereocenters. The van der Waals surface area contributed by atoms with Crippen LogP contribution in [0.15, 0.2) is 39.8 Å². The number of likely N-dealkylation sites (N-methyl/N-ethyl adjacent to an activating group) is 1. The maximum absolute atomic E-state index is 12.7. The number of thioether (sulfide) groups is 1. The summed E-state index contributed by atoms with van der Waals surface area (Å²) in [5.41, 5.74) is -0.773. The highest BCUT2D eigenvalue weighted by Gasteiger charge is 2.30. The largest absolute Gasteiger partial charge is 0.416 e. The molecule has 10 heteroatoms. The highest BCUT2D eigenvalue weighted by atomic mass is 32.2. The standard InChI is InChI=1S/C16H16F3N3O3S/c1-10-6-13(21-25-10)20-14(23)8-22(2)15(24)9-26-12-5-3-4-11(7-12)16(17,18)19/h3-7H,8-9H2,1-2H3,(H,20,21,23). The average molecular weight is 387 g/mol. The van der Waals surface area contributed by atoms with Crippen molar-refractivity contribution in [1.29, 1.82) is 0 Å². The van der Waals surface area contributed by atoms with Crippen LogP contribution in [0.2, 0.25) is 0 Å². The number of nitrogens with one attached hydrogen (secondary N) is 1. The number of amides is 2. The predicted octanol–water partition coefficient (Wildman–Crippen LogP) is 3.19. The van der Waals surface area contributed by atoms with Gasteiger partial charge in [0.05, 0.1) is 17.9 Å². The first-order valence-corrected chi connectivity index (χ1v) is 8.41. The Bertz CT molecular complexity index is 792. The quantitative estimate of drug-likeness (QED) is 0.771. The van der Waals surface area contributed by atoms with Crippen LogP contribution in [0.5, 0.6) is 0 Å².